The maximum atomic E-state index is 14.5. The van der Waals surface area contributed by atoms with Gasteiger partial charge in [-0.15, -0.1) is 0 Å². The molecule has 2 atom stereocenters. The number of carbonyl (C=O) groups excluding carboxylic acids is 3. The molecule has 1 aromatic carbocycles. The highest BCUT2D eigenvalue weighted by molar-refractivity contribution is 5.97. The van der Waals surface area contributed by atoms with Crippen molar-refractivity contribution in [2.75, 3.05) is 26.8 Å². The number of hydrogen-bond acceptors (Lipinski definition) is 7. The Morgan fingerprint density at radius 2 is 2.03 bits per heavy atom. The lowest BCUT2D eigenvalue weighted by molar-refractivity contribution is -0.142. The first-order valence-corrected chi connectivity index (χ1v) is 9.24. The highest BCUT2D eigenvalue weighted by Crippen LogP contribution is 2.52. The van der Waals surface area contributed by atoms with Gasteiger partial charge in [-0.05, 0) is 42.9 Å². The number of nitrogens with two attached hydrogens (primary N) is 1. The van der Waals surface area contributed by atoms with Crippen LogP contribution in [0.5, 0.6) is 0 Å². The van der Waals surface area contributed by atoms with Gasteiger partial charge >= 0.3 is 11.9 Å². The lowest BCUT2D eigenvalue weighted by Gasteiger charge is -2.10. The Kier molecular flexibility index (Phi) is 6.38. The molecule has 154 valence electrons. The molecular weight excluding hydrogens is 381 g/mol. The molecule has 29 heavy (non-hydrogen) atoms. The lowest BCUT2D eigenvalue weighted by Crippen LogP contribution is -2.30. The molecule has 1 fully saturated rings. The van der Waals surface area contributed by atoms with Crippen LogP contribution >= 0.6 is 0 Å². The molecule has 1 aliphatic carbocycles. The average molecular weight is 403 g/mol. The fourth-order valence-corrected chi connectivity index (χ4v) is 3.32. The van der Waals surface area contributed by atoms with E-state index in [1.807, 2.05) is 0 Å². The van der Waals surface area contributed by atoms with E-state index in [-0.39, 0.29) is 43.0 Å². The van der Waals surface area contributed by atoms with Crippen LogP contribution in [0.2, 0.25) is 0 Å². The van der Waals surface area contributed by atoms with Gasteiger partial charge in [0.2, 0.25) is 0 Å². The summed E-state index contributed by atoms with van der Waals surface area (Å²) in [6, 6.07) is 6.02. The van der Waals surface area contributed by atoms with E-state index in [0.717, 1.165) is 6.42 Å². The number of fused-ring (bicyclic) bond motifs is 1. The van der Waals surface area contributed by atoms with E-state index in [9.17, 15) is 18.8 Å². The second-order valence-corrected chi connectivity index (χ2v) is 6.80. The van der Waals surface area contributed by atoms with Crippen LogP contribution in [0, 0.1) is 11.7 Å². The first kappa shape index (κ1) is 20.7. The first-order valence-electron chi connectivity index (χ1n) is 9.24. The van der Waals surface area contributed by atoms with Crippen LogP contribution in [-0.4, -0.2) is 49.6 Å². The second-order valence-electron chi connectivity index (χ2n) is 6.80. The molecule has 0 bridgehead atoms. The maximum absolute atomic E-state index is 14.5. The number of methoxy groups -OCH3 is 1. The van der Waals surface area contributed by atoms with Crippen LogP contribution in [0.1, 0.15) is 34.8 Å². The van der Waals surface area contributed by atoms with Crippen molar-refractivity contribution in [3.05, 3.63) is 41.3 Å². The molecule has 1 saturated carbocycles. The average Bonchev–Trinajstić information content (AvgIpc) is 3.49. The van der Waals surface area contributed by atoms with Crippen molar-refractivity contribution in [1.82, 2.24) is 10.3 Å². The van der Waals surface area contributed by atoms with Crippen molar-refractivity contribution >= 4 is 28.7 Å². The summed E-state index contributed by atoms with van der Waals surface area (Å²) in [5.74, 6) is -1.65. The summed E-state index contributed by atoms with van der Waals surface area (Å²) in [5.41, 5.74) is 6.38. The number of nitrogens with zero attached hydrogens (tertiary/aromatic N) is 1. The lowest BCUT2D eigenvalue weighted by atomic mass is 10.0. The Hall–Kier alpha value is -3.07. The molecule has 1 unspecified atom stereocenters. The number of rotatable bonds is 8. The molecule has 0 aliphatic heterocycles. The van der Waals surface area contributed by atoms with Gasteiger partial charge in [0.1, 0.15) is 18.1 Å². The van der Waals surface area contributed by atoms with Gasteiger partial charge in [0, 0.05) is 10.9 Å². The van der Waals surface area contributed by atoms with Gasteiger partial charge in [-0.3, -0.25) is 14.4 Å². The van der Waals surface area contributed by atoms with Gasteiger partial charge in [-0.25, -0.2) is 9.37 Å². The molecule has 1 aromatic heterocycles. The van der Waals surface area contributed by atoms with Gasteiger partial charge in [0.25, 0.3) is 5.91 Å². The van der Waals surface area contributed by atoms with E-state index < -0.39 is 17.8 Å². The van der Waals surface area contributed by atoms with E-state index >= 15 is 0 Å². The quantitative estimate of drug-likeness (QED) is 0.637. The Morgan fingerprint density at radius 3 is 2.76 bits per heavy atom. The van der Waals surface area contributed by atoms with Gasteiger partial charge in [-0.1, -0.05) is 6.07 Å². The summed E-state index contributed by atoms with van der Waals surface area (Å²) >= 11 is 0. The van der Waals surface area contributed by atoms with Gasteiger partial charge in [0.15, 0.2) is 0 Å². The number of hydrogen-bond donors (Lipinski definition) is 2. The maximum Gasteiger partial charge on any atom is 0.325 e. The van der Waals surface area contributed by atoms with Gasteiger partial charge in [-0.2, -0.15) is 0 Å². The summed E-state index contributed by atoms with van der Waals surface area (Å²) in [4.78, 5) is 38.7. The van der Waals surface area contributed by atoms with E-state index in [0.29, 0.717) is 22.9 Å². The summed E-state index contributed by atoms with van der Waals surface area (Å²) < 4.78 is 24.0. The smallest absolute Gasteiger partial charge is 0.325 e. The zero-order valence-electron chi connectivity index (χ0n) is 15.9. The van der Waals surface area contributed by atoms with Crippen LogP contribution < -0.4 is 11.1 Å². The third-order valence-corrected chi connectivity index (χ3v) is 4.93. The third-order valence-electron chi connectivity index (χ3n) is 4.93. The molecule has 9 heteroatoms. The number of esters is 2. The van der Waals surface area contributed by atoms with Crippen LogP contribution in [0.3, 0.4) is 0 Å². The van der Waals surface area contributed by atoms with Crippen molar-refractivity contribution < 1.29 is 28.2 Å². The van der Waals surface area contributed by atoms with E-state index in [1.165, 1.54) is 25.3 Å². The molecule has 2 aromatic rings. The van der Waals surface area contributed by atoms with Crippen molar-refractivity contribution in [3.8, 4) is 0 Å². The predicted molar refractivity (Wildman–Crippen MR) is 102 cm³/mol. The van der Waals surface area contributed by atoms with E-state index in [2.05, 4.69) is 15.0 Å². The molecule has 8 nitrogen and oxygen atoms in total. The van der Waals surface area contributed by atoms with E-state index in [1.54, 1.807) is 6.07 Å². The Morgan fingerprint density at radius 1 is 1.24 bits per heavy atom. The molecule has 1 aliphatic rings. The van der Waals surface area contributed by atoms with Crippen LogP contribution in [0.15, 0.2) is 24.3 Å². The van der Waals surface area contributed by atoms with Crippen molar-refractivity contribution in [2.45, 2.75) is 18.8 Å². The van der Waals surface area contributed by atoms with Crippen molar-refractivity contribution in [1.29, 1.82) is 0 Å². The second kappa shape index (κ2) is 8.95. The minimum Gasteiger partial charge on any atom is -0.468 e. The number of ether oxygens (including phenoxy) is 2. The number of benzene rings is 1. The highest BCUT2D eigenvalue weighted by Gasteiger charge is 2.40. The van der Waals surface area contributed by atoms with Gasteiger partial charge < -0.3 is 20.5 Å². The molecule has 3 N–H and O–H groups in total. The van der Waals surface area contributed by atoms with Gasteiger partial charge in [0.05, 0.1) is 25.8 Å². The van der Waals surface area contributed by atoms with E-state index in [4.69, 9.17) is 10.5 Å². The fourth-order valence-electron chi connectivity index (χ4n) is 3.32. The number of amides is 1. The number of pyridine rings is 1. The summed E-state index contributed by atoms with van der Waals surface area (Å²) in [5, 5.41) is 3.06. The predicted octanol–water partition coefficient (Wildman–Crippen LogP) is 1.27. The normalized spacial score (nSPS) is 17.6. The number of nitrogens with one attached hydrogen (secondary N) is 1. The number of carbonyl (C=O) groups is 3. The first-order chi connectivity index (χ1) is 13.9. The minimum absolute atomic E-state index is 0.0103. The fraction of sp³-hybridized carbons (Fsp3) is 0.400. The Labute approximate surface area is 166 Å². The number of aromatic nitrogens is 1. The van der Waals surface area contributed by atoms with Crippen LogP contribution in [0.4, 0.5) is 4.39 Å². The molecule has 0 saturated heterocycles. The SMILES string of the molecule is COC(=O)CNC(=O)c1ccc2c([C@H]3CC3CCOC(=O)CN)c(F)ccc2n1. The Balaban J connectivity index is 1.73. The topological polar surface area (TPSA) is 121 Å². The molecule has 1 amide bonds. The van der Waals surface area contributed by atoms with Crippen LogP contribution in [0.25, 0.3) is 10.9 Å². The zero-order chi connectivity index (χ0) is 21.0. The van der Waals surface area contributed by atoms with Crippen LogP contribution in [-0.2, 0) is 19.1 Å². The Bertz CT molecular complexity index is 949. The largest absolute Gasteiger partial charge is 0.468 e. The zero-order valence-corrected chi connectivity index (χ0v) is 15.9. The monoisotopic (exact) mass is 403 g/mol. The summed E-state index contributed by atoms with van der Waals surface area (Å²) in [7, 11) is 1.23. The molecule has 0 spiro atoms. The highest BCUT2D eigenvalue weighted by atomic mass is 19.1. The molecule has 0 radical (unpaired) electrons. The number of halogens is 1. The minimum atomic E-state index is -0.569. The molecule has 1 heterocycles. The standard InChI is InChI=1S/C20H22FN3O5/c1-28-18(26)10-23-20(27)16-4-2-12-15(24-16)5-3-14(21)19(12)13-8-11(13)6-7-29-17(25)9-22/h2-5,11,13H,6-10,22H2,1H3,(H,23,27)/t11?,13-/m0/s1. The molecular formula is C20H22FN3O5. The summed E-state index contributed by atoms with van der Waals surface area (Å²) in [6.07, 6.45) is 1.42. The van der Waals surface area contributed by atoms with Crippen molar-refractivity contribution in [3.63, 3.8) is 0 Å². The summed E-state index contributed by atoms with van der Waals surface area (Å²) in [6.45, 7) is -0.165. The molecule has 3 rings (SSSR count). The van der Waals surface area contributed by atoms with Crippen molar-refractivity contribution in [2.24, 2.45) is 11.7 Å². The third kappa shape index (κ3) is 4.86.